The smallest absolute Gasteiger partial charge is 0.347 e. The molecule has 6 rings (SSSR count). The Kier molecular flexibility index (Phi) is 42.1. The predicted octanol–water partition coefficient (Wildman–Crippen LogP) is 0.790. The lowest BCUT2D eigenvalue weighted by Crippen LogP contribution is -2.40. The van der Waals surface area contributed by atoms with Gasteiger partial charge in [0, 0.05) is 60.6 Å². The minimum absolute atomic E-state index is 0.0579. The maximum Gasteiger partial charge on any atom is 0.347 e. The number of carbonyl (C=O) groups excluding carboxylic acids is 8. The number of likely N-dealkylation sites (N-methyl/N-ethyl adjacent to an activating group) is 1. The van der Waals surface area contributed by atoms with E-state index >= 15 is 0 Å². The van der Waals surface area contributed by atoms with Crippen molar-refractivity contribution in [1.29, 1.82) is 0 Å². The molecule has 0 bridgehead atoms. The number of ether oxygens (including phenoxy) is 8. The molecule has 0 aromatic heterocycles. The molecule has 22 nitrogen and oxygen atoms in total. The zero-order valence-corrected chi connectivity index (χ0v) is 40.2. The minimum atomic E-state index is -0.747. The highest BCUT2D eigenvalue weighted by Crippen LogP contribution is 2.21. The number of amides is 4. The van der Waals surface area contributed by atoms with Crippen LogP contribution in [0, 0.1) is 0 Å². The fourth-order valence-electron chi connectivity index (χ4n) is 3.95. The number of likely N-dealkylation sites (tertiary alicyclic amines) is 1. The molecule has 3 fully saturated rings. The summed E-state index contributed by atoms with van der Waals surface area (Å²) in [6, 6.07) is 19.6. The molecule has 1 unspecified atom stereocenters. The largest absolute Gasteiger partial charge is 0.451 e. The number of nitrogens with zero attached hydrogens (tertiary/aromatic N) is 2. The fourth-order valence-corrected chi connectivity index (χ4v) is 4.61. The first-order valence-electron chi connectivity index (χ1n) is 20.0. The van der Waals surface area contributed by atoms with Crippen molar-refractivity contribution in [2.45, 2.75) is 57.9 Å². The highest BCUT2D eigenvalue weighted by molar-refractivity contribution is 8.00. The third kappa shape index (κ3) is 34.4. The average Bonchev–Trinajstić information content (AvgIpc) is 3.76. The number of imide groups is 2. The van der Waals surface area contributed by atoms with Gasteiger partial charge in [-0.2, -0.15) is 11.8 Å². The van der Waals surface area contributed by atoms with E-state index in [4.69, 9.17) is 29.9 Å². The van der Waals surface area contributed by atoms with E-state index in [1.165, 1.54) is 63.9 Å². The van der Waals surface area contributed by atoms with Gasteiger partial charge in [0.05, 0.1) is 31.7 Å². The van der Waals surface area contributed by atoms with Crippen LogP contribution >= 0.6 is 11.8 Å². The van der Waals surface area contributed by atoms with Crippen molar-refractivity contribution in [2.24, 2.45) is 0 Å². The molecule has 3 atom stereocenters. The van der Waals surface area contributed by atoms with Crippen LogP contribution in [0.2, 0.25) is 0 Å². The van der Waals surface area contributed by atoms with Crippen LogP contribution in [-0.4, -0.2) is 183 Å². The summed E-state index contributed by atoms with van der Waals surface area (Å²) in [4.78, 5) is 86.5. The van der Waals surface area contributed by atoms with Gasteiger partial charge >= 0.3 is 23.9 Å². The second-order valence-electron chi connectivity index (χ2n) is 12.6. The zero-order valence-electron chi connectivity index (χ0n) is 39.4. The Morgan fingerprint density at radius 2 is 1.04 bits per heavy atom. The Bertz CT molecular complexity index is 1650. The lowest BCUT2D eigenvalue weighted by molar-refractivity contribution is -0.191. The number of esters is 4. The zero-order chi connectivity index (χ0) is 51.6. The van der Waals surface area contributed by atoms with Gasteiger partial charge in [-0.05, 0) is 38.2 Å². The first kappa shape index (κ1) is 65.6. The van der Waals surface area contributed by atoms with Crippen LogP contribution in [0.5, 0.6) is 0 Å². The van der Waals surface area contributed by atoms with Gasteiger partial charge in [0.15, 0.2) is 25.4 Å². The highest BCUT2D eigenvalue weighted by atomic mass is 32.2. The van der Waals surface area contributed by atoms with Crippen molar-refractivity contribution >= 4 is 59.3 Å². The number of carbonyl (C=O) groups is 8. The first-order valence-corrected chi connectivity index (χ1v) is 21.3. The van der Waals surface area contributed by atoms with E-state index in [1.807, 2.05) is 66.9 Å². The molecule has 4 aliphatic heterocycles. The van der Waals surface area contributed by atoms with Crippen molar-refractivity contribution in [2.75, 3.05) is 88.3 Å². The molecule has 0 spiro atoms. The monoisotopic (exact) mass is 974 g/mol. The van der Waals surface area contributed by atoms with Crippen molar-refractivity contribution in [3.05, 3.63) is 83.9 Å². The van der Waals surface area contributed by atoms with Crippen molar-refractivity contribution < 1.29 is 96.7 Å². The van der Waals surface area contributed by atoms with Gasteiger partial charge in [0.25, 0.3) is 11.8 Å². The molecule has 2 aromatic rings. The Balaban J connectivity index is -0.000000707. The van der Waals surface area contributed by atoms with Gasteiger partial charge < -0.3 is 58.3 Å². The quantitative estimate of drug-likeness (QED) is 0.0888. The summed E-state index contributed by atoms with van der Waals surface area (Å²) in [6.45, 7) is 5.59. The van der Waals surface area contributed by atoms with Gasteiger partial charge in [-0.3, -0.25) is 29.0 Å². The van der Waals surface area contributed by atoms with Crippen LogP contribution in [0.1, 0.15) is 38.3 Å². The van der Waals surface area contributed by atoms with Gasteiger partial charge in [0.2, 0.25) is 11.8 Å². The molecular formula is C44H66N2O20S. The Hall–Kier alpha value is -5.63. The third-order valence-electron chi connectivity index (χ3n) is 7.29. The lowest BCUT2D eigenvalue weighted by Gasteiger charge is -2.22. The maximum absolute atomic E-state index is 11.0. The van der Waals surface area contributed by atoms with Crippen LogP contribution < -0.4 is 0 Å². The van der Waals surface area contributed by atoms with E-state index in [9.17, 15) is 38.4 Å². The average molecular weight is 975 g/mol. The molecule has 3 saturated heterocycles. The molecular weight excluding hydrogens is 909 g/mol. The van der Waals surface area contributed by atoms with Crippen LogP contribution in [0.15, 0.2) is 72.8 Å². The molecule has 378 valence electrons. The molecule has 67 heavy (non-hydrogen) atoms. The fraction of sp³-hybridized carbons (Fsp3) is 0.500. The number of rotatable bonds is 9. The van der Waals surface area contributed by atoms with Gasteiger partial charge in [-0.25, -0.2) is 19.2 Å². The molecule has 0 aliphatic carbocycles. The van der Waals surface area contributed by atoms with Gasteiger partial charge in [-0.1, -0.05) is 60.7 Å². The molecule has 2 aromatic carbocycles. The molecule has 4 N–H and O–H groups in total. The van der Waals surface area contributed by atoms with Crippen LogP contribution in [-0.2, 0) is 89.5 Å². The summed E-state index contributed by atoms with van der Waals surface area (Å²) in [6.07, 6.45) is 3.23. The Morgan fingerprint density at radius 3 is 1.30 bits per heavy atom. The number of benzene rings is 2. The molecule has 0 radical (unpaired) electrons. The summed E-state index contributed by atoms with van der Waals surface area (Å²) in [7, 11) is 7.66. The van der Waals surface area contributed by atoms with E-state index in [0.717, 1.165) is 16.0 Å². The maximum atomic E-state index is 11.0. The van der Waals surface area contributed by atoms with E-state index in [-0.39, 0.29) is 68.9 Å². The third-order valence-corrected chi connectivity index (χ3v) is 8.22. The molecule has 4 amide bonds. The van der Waals surface area contributed by atoms with Crippen molar-refractivity contribution in [3.63, 3.8) is 0 Å². The Morgan fingerprint density at radius 1 is 0.657 bits per heavy atom. The summed E-state index contributed by atoms with van der Waals surface area (Å²) in [5.74, 6) is -2.53. The number of aliphatic hydroxyl groups is 4. The number of methoxy groups -OCH3 is 2. The lowest BCUT2D eigenvalue weighted by atomic mass is 10.2. The topological polar surface area (TPSA) is 298 Å². The molecule has 0 saturated carbocycles. The second kappa shape index (κ2) is 43.0. The molecule has 4 aliphatic rings. The SMILES string of the molecule is CCO.CN1C(=O)C=CC1=O.COC.COCO.CSC1CC(=O)N(C)C1=O.C[C@@H]1OC(=O)[C@H](C)OC1=O.O=C1COC(=O)CO1.OCCOCc1ccccc1.OCOCc1ccccc1. The minimum Gasteiger partial charge on any atom is -0.451 e. The van der Waals surface area contributed by atoms with E-state index in [0.29, 0.717) is 26.2 Å². The summed E-state index contributed by atoms with van der Waals surface area (Å²) >= 11 is 1.44. The van der Waals surface area contributed by atoms with Crippen LogP contribution in [0.4, 0.5) is 0 Å². The summed E-state index contributed by atoms with van der Waals surface area (Å²) in [5.41, 5.74) is 2.22. The first-order chi connectivity index (χ1) is 31.9. The molecule has 4 heterocycles. The number of aliphatic hydroxyl groups excluding tert-OH is 4. The number of cyclic esters (lactones) is 4. The van der Waals surface area contributed by atoms with Gasteiger partial charge in [0.1, 0.15) is 13.6 Å². The highest BCUT2D eigenvalue weighted by Gasteiger charge is 2.35. The summed E-state index contributed by atoms with van der Waals surface area (Å²) in [5, 5.41) is 31.8. The normalized spacial score (nSPS) is 17.4. The van der Waals surface area contributed by atoms with Crippen molar-refractivity contribution in [1.82, 2.24) is 9.80 Å². The van der Waals surface area contributed by atoms with Gasteiger partial charge in [-0.15, -0.1) is 0 Å². The molecule has 23 heteroatoms. The van der Waals surface area contributed by atoms with E-state index in [2.05, 4.69) is 28.4 Å². The standard InChI is InChI=1S/C9H12O2.C8H10O2.C6H9NO2S.C6H8O4.C5H5NO2.C4H4O4.C2H6O2.2C2H6O/c10-6-7-11-8-9-4-2-1-3-5-9;9-7-10-6-8-4-2-1-3-5-8;1-7-5(8)3-4(10-2)6(7)9;1-3-5(7)10-4(2)6(8)9-3;1-6-4(7)2-3-5(6)8;5-3-1-7-4(6)2-8-3;1-4-2-3;1-3-2;1-2-3/h1-5,10H,6-8H2;1-5,9H,6-7H2;4H,3H2,1-2H3;3-4H,1-2H3;2-3H,1H3;1-2H2;3H,2H2,1H3;1-2H3;3H,2H2,1H3/t;;;3-,4-;;;;;/m...0...../s1. The second-order valence-corrected chi connectivity index (χ2v) is 13.7. The Labute approximate surface area is 395 Å². The van der Waals surface area contributed by atoms with Crippen LogP contribution in [0.25, 0.3) is 0 Å². The predicted molar refractivity (Wildman–Crippen MR) is 241 cm³/mol. The number of hydrogen-bond acceptors (Lipinski definition) is 21. The van der Waals surface area contributed by atoms with Crippen LogP contribution in [0.3, 0.4) is 0 Å². The van der Waals surface area contributed by atoms with E-state index < -0.39 is 36.1 Å². The van der Waals surface area contributed by atoms with E-state index in [1.54, 1.807) is 21.1 Å². The number of hydrogen-bond donors (Lipinski definition) is 4. The summed E-state index contributed by atoms with van der Waals surface area (Å²) < 4.78 is 36.0. The number of thioether (sulfide) groups is 1. The van der Waals surface area contributed by atoms with Crippen molar-refractivity contribution in [3.8, 4) is 0 Å².